The van der Waals surface area contributed by atoms with Crippen LogP contribution in [-0.2, 0) is 10.9 Å². The average molecular weight is 247 g/mol. The number of benzene rings is 1. The van der Waals surface area contributed by atoms with E-state index in [9.17, 15) is 18.3 Å². The van der Waals surface area contributed by atoms with Crippen LogP contribution in [0.4, 0.5) is 18.9 Å². The molecule has 0 spiro atoms. The van der Waals surface area contributed by atoms with E-state index < -0.39 is 11.7 Å². The van der Waals surface area contributed by atoms with E-state index >= 15 is 0 Å². The Morgan fingerprint density at radius 3 is 2.35 bits per heavy atom. The third kappa shape index (κ3) is 2.82. The Morgan fingerprint density at radius 2 is 1.76 bits per heavy atom. The van der Waals surface area contributed by atoms with E-state index in [-0.39, 0.29) is 5.75 Å². The van der Waals surface area contributed by atoms with Crippen LogP contribution in [0.5, 0.6) is 5.75 Å². The Morgan fingerprint density at radius 1 is 1.12 bits per heavy atom. The van der Waals surface area contributed by atoms with E-state index in [1.807, 2.05) is 0 Å². The van der Waals surface area contributed by atoms with Crippen molar-refractivity contribution in [3.8, 4) is 5.75 Å². The van der Waals surface area contributed by atoms with Crippen LogP contribution in [0.2, 0.25) is 0 Å². The number of aromatic hydroxyl groups is 1. The Labute approximate surface area is 96.4 Å². The number of hydrogen-bond donors (Lipinski definition) is 1. The molecular formula is C11H12F3NO2. The molecule has 1 aliphatic heterocycles. The molecule has 0 unspecified atom stereocenters. The maximum absolute atomic E-state index is 12.6. The van der Waals surface area contributed by atoms with Crippen LogP contribution in [0.3, 0.4) is 0 Å². The van der Waals surface area contributed by atoms with Gasteiger partial charge in [-0.3, -0.25) is 0 Å². The van der Waals surface area contributed by atoms with Crippen molar-refractivity contribution >= 4 is 5.69 Å². The number of anilines is 1. The summed E-state index contributed by atoms with van der Waals surface area (Å²) in [6.07, 6.45) is -4.44. The smallest absolute Gasteiger partial charge is 0.416 e. The zero-order chi connectivity index (χ0) is 12.5. The molecule has 1 aliphatic rings. The Bertz CT molecular complexity index is 400. The minimum absolute atomic E-state index is 0.374. The maximum Gasteiger partial charge on any atom is 0.416 e. The summed E-state index contributed by atoms with van der Waals surface area (Å²) in [5.74, 6) is -0.374. The minimum atomic E-state index is -4.44. The van der Waals surface area contributed by atoms with Crippen molar-refractivity contribution in [1.29, 1.82) is 0 Å². The topological polar surface area (TPSA) is 32.7 Å². The molecule has 1 heterocycles. The van der Waals surface area contributed by atoms with Gasteiger partial charge in [-0.15, -0.1) is 0 Å². The fourth-order valence-electron chi connectivity index (χ4n) is 1.76. The van der Waals surface area contributed by atoms with Gasteiger partial charge in [0.05, 0.1) is 18.8 Å². The minimum Gasteiger partial charge on any atom is -0.508 e. The molecule has 1 aromatic rings. The number of rotatable bonds is 1. The lowest BCUT2D eigenvalue weighted by molar-refractivity contribution is -0.137. The third-order valence-electron chi connectivity index (χ3n) is 2.61. The zero-order valence-electron chi connectivity index (χ0n) is 9.00. The second kappa shape index (κ2) is 4.44. The average Bonchev–Trinajstić information content (AvgIpc) is 2.28. The van der Waals surface area contributed by atoms with Crippen molar-refractivity contribution in [2.45, 2.75) is 6.18 Å². The first kappa shape index (κ1) is 12.0. The van der Waals surface area contributed by atoms with Gasteiger partial charge in [0.2, 0.25) is 0 Å². The van der Waals surface area contributed by atoms with Gasteiger partial charge in [-0.1, -0.05) is 0 Å². The van der Waals surface area contributed by atoms with Gasteiger partial charge >= 0.3 is 6.18 Å². The molecule has 0 bridgehead atoms. The van der Waals surface area contributed by atoms with Crippen molar-refractivity contribution < 1.29 is 23.0 Å². The molecule has 1 aromatic carbocycles. The number of alkyl halides is 3. The van der Waals surface area contributed by atoms with Gasteiger partial charge in [0.1, 0.15) is 5.75 Å². The van der Waals surface area contributed by atoms with Gasteiger partial charge in [-0.2, -0.15) is 13.2 Å². The summed E-state index contributed by atoms with van der Waals surface area (Å²) < 4.78 is 42.8. The molecule has 0 saturated carbocycles. The number of ether oxygens (including phenoxy) is 1. The van der Waals surface area contributed by atoms with E-state index in [0.717, 1.165) is 12.1 Å². The lowest BCUT2D eigenvalue weighted by atomic mass is 10.1. The third-order valence-corrected chi connectivity index (χ3v) is 2.61. The number of hydrogen-bond acceptors (Lipinski definition) is 3. The molecule has 94 valence electrons. The summed E-state index contributed by atoms with van der Waals surface area (Å²) in [5.41, 5.74) is -0.459. The molecule has 0 atom stereocenters. The number of phenols is 1. The Hall–Kier alpha value is -1.43. The molecule has 1 saturated heterocycles. The van der Waals surface area contributed by atoms with Gasteiger partial charge < -0.3 is 14.7 Å². The summed E-state index contributed by atoms with van der Waals surface area (Å²) in [6, 6.07) is 3.11. The number of phenolic OH excluding ortho intramolecular Hbond substituents is 1. The highest BCUT2D eigenvalue weighted by molar-refractivity contribution is 5.54. The predicted octanol–water partition coefficient (Wildman–Crippen LogP) is 2.25. The maximum atomic E-state index is 12.6. The summed E-state index contributed by atoms with van der Waals surface area (Å²) in [7, 11) is 0. The molecule has 1 N–H and O–H groups in total. The normalized spacial score (nSPS) is 17.2. The van der Waals surface area contributed by atoms with E-state index in [2.05, 4.69) is 0 Å². The number of halogens is 3. The molecule has 3 nitrogen and oxygen atoms in total. The van der Waals surface area contributed by atoms with Crippen molar-refractivity contribution in [2.75, 3.05) is 31.2 Å². The Balaban J connectivity index is 2.31. The standard InChI is InChI=1S/C11H12F3NO2/c12-11(13,14)8-5-9(7-10(16)6-8)15-1-3-17-4-2-15/h5-7,16H,1-4H2. The molecule has 1 fully saturated rings. The van der Waals surface area contributed by atoms with E-state index in [1.54, 1.807) is 4.90 Å². The van der Waals surface area contributed by atoms with Gasteiger partial charge in [0.15, 0.2) is 0 Å². The molecule has 0 radical (unpaired) electrons. The lowest BCUT2D eigenvalue weighted by Crippen LogP contribution is -2.36. The fraction of sp³-hybridized carbons (Fsp3) is 0.455. The van der Waals surface area contributed by atoms with E-state index in [1.165, 1.54) is 6.07 Å². The summed E-state index contributed by atoms with van der Waals surface area (Å²) >= 11 is 0. The zero-order valence-corrected chi connectivity index (χ0v) is 9.00. The van der Waals surface area contributed by atoms with Crippen LogP contribution in [0.1, 0.15) is 5.56 Å². The van der Waals surface area contributed by atoms with Crippen molar-refractivity contribution in [3.63, 3.8) is 0 Å². The quantitative estimate of drug-likeness (QED) is 0.826. The molecule has 6 heteroatoms. The van der Waals surface area contributed by atoms with Gasteiger partial charge in [-0.05, 0) is 12.1 Å². The van der Waals surface area contributed by atoms with Gasteiger partial charge in [0, 0.05) is 24.8 Å². The van der Waals surface area contributed by atoms with Crippen molar-refractivity contribution in [1.82, 2.24) is 0 Å². The molecule has 0 amide bonds. The van der Waals surface area contributed by atoms with Gasteiger partial charge in [0.25, 0.3) is 0 Å². The predicted molar refractivity (Wildman–Crippen MR) is 56.1 cm³/mol. The van der Waals surface area contributed by atoms with Crippen molar-refractivity contribution in [3.05, 3.63) is 23.8 Å². The largest absolute Gasteiger partial charge is 0.508 e. The Kier molecular flexibility index (Phi) is 3.15. The first-order valence-corrected chi connectivity index (χ1v) is 5.21. The van der Waals surface area contributed by atoms with Crippen LogP contribution in [0, 0.1) is 0 Å². The summed E-state index contributed by atoms with van der Waals surface area (Å²) in [6.45, 7) is 2.02. The highest BCUT2D eigenvalue weighted by atomic mass is 19.4. The molecular weight excluding hydrogens is 235 g/mol. The number of morpholine rings is 1. The molecule has 0 aromatic heterocycles. The van der Waals surface area contributed by atoms with Crippen LogP contribution < -0.4 is 4.90 Å². The second-order valence-electron chi connectivity index (χ2n) is 3.84. The first-order chi connectivity index (χ1) is 7.97. The van der Waals surface area contributed by atoms with Gasteiger partial charge in [-0.25, -0.2) is 0 Å². The van der Waals surface area contributed by atoms with E-state index in [4.69, 9.17) is 4.74 Å². The first-order valence-electron chi connectivity index (χ1n) is 5.21. The SMILES string of the molecule is Oc1cc(N2CCOCC2)cc(C(F)(F)F)c1. The van der Waals surface area contributed by atoms with Crippen LogP contribution in [0.25, 0.3) is 0 Å². The molecule has 0 aliphatic carbocycles. The van der Waals surface area contributed by atoms with Crippen LogP contribution >= 0.6 is 0 Å². The van der Waals surface area contributed by atoms with Crippen LogP contribution in [-0.4, -0.2) is 31.4 Å². The highest BCUT2D eigenvalue weighted by Crippen LogP contribution is 2.34. The second-order valence-corrected chi connectivity index (χ2v) is 3.84. The van der Waals surface area contributed by atoms with E-state index in [0.29, 0.717) is 32.0 Å². The summed E-state index contributed by atoms with van der Waals surface area (Å²) in [4.78, 5) is 1.76. The monoisotopic (exact) mass is 247 g/mol. The number of nitrogens with zero attached hydrogens (tertiary/aromatic N) is 1. The summed E-state index contributed by atoms with van der Waals surface area (Å²) in [5, 5.41) is 9.33. The highest BCUT2D eigenvalue weighted by Gasteiger charge is 2.31. The molecule has 17 heavy (non-hydrogen) atoms. The van der Waals surface area contributed by atoms with Crippen LogP contribution in [0.15, 0.2) is 18.2 Å². The van der Waals surface area contributed by atoms with Crippen molar-refractivity contribution in [2.24, 2.45) is 0 Å². The lowest BCUT2D eigenvalue weighted by Gasteiger charge is -2.29. The fourth-order valence-corrected chi connectivity index (χ4v) is 1.76. The molecule has 2 rings (SSSR count).